The molecule has 0 fully saturated rings. The minimum absolute atomic E-state index is 0.0186. The lowest BCUT2D eigenvalue weighted by Gasteiger charge is -2.35. The van der Waals surface area contributed by atoms with E-state index in [0.717, 1.165) is 35.4 Å². The maximum Gasteiger partial charge on any atom is 0.508 e. The molecule has 5 rings (SSSR count). The number of para-hydroxylation sites is 1. The number of benzene rings is 3. The van der Waals surface area contributed by atoms with Crippen molar-refractivity contribution in [3.8, 4) is 11.5 Å². The van der Waals surface area contributed by atoms with Crippen LogP contribution in [0.15, 0.2) is 66.7 Å². The van der Waals surface area contributed by atoms with Gasteiger partial charge in [-0.2, -0.15) is 0 Å². The van der Waals surface area contributed by atoms with E-state index in [-0.39, 0.29) is 13.0 Å². The van der Waals surface area contributed by atoms with E-state index >= 15 is 0 Å². The molecule has 0 bridgehead atoms. The zero-order valence-electron chi connectivity index (χ0n) is 21.5. The zero-order valence-corrected chi connectivity index (χ0v) is 21.5. The number of nitrogens with zero attached hydrogens (tertiary/aromatic N) is 1. The second-order valence-corrected chi connectivity index (χ2v) is 9.83. The Morgan fingerprint density at radius 2 is 1.69 bits per heavy atom. The molecular formula is C31H31NO7. The summed E-state index contributed by atoms with van der Waals surface area (Å²) >= 11 is 0. The van der Waals surface area contributed by atoms with Crippen molar-refractivity contribution in [1.29, 1.82) is 0 Å². The predicted molar refractivity (Wildman–Crippen MR) is 147 cm³/mol. The van der Waals surface area contributed by atoms with Gasteiger partial charge in [-0.15, -0.1) is 0 Å². The highest BCUT2D eigenvalue weighted by molar-refractivity contribution is 5.78. The van der Waals surface area contributed by atoms with Crippen molar-refractivity contribution >= 4 is 30.0 Å². The number of carboxylic acid groups (broad SMARTS) is 2. The smallest absolute Gasteiger partial charge is 0.493 e. The third kappa shape index (κ3) is 6.71. The topological polar surface area (TPSA) is 106 Å². The summed E-state index contributed by atoms with van der Waals surface area (Å²) in [4.78, 5) is 24.0. The number of hydrogen-bond donors (Lipinski definition) is 2. The van der Waals surface area contributed by atoms with Gasteiger partial charge in [-0.05, 0) is 54.2 Å². The fourth-order valence-electron chi connectivity index (χ4n) is 5.15. The number of carbonyl (C=O) groups is 2. The minimum atomic E-state index is -1.43. The molecule has 0 radical (unpaired) electrons. The molecule has 1 atom stereocenters. The summed E-state index contributed by atoms with van der Waals surface area (Å²) in [6, 6.07) is 22.1. The second kappa shape index (κ2) is 11.9. The van der Waals surface area contributed by atoms with Crippen LogP contribution in [0.5, 0.6) is 11.5 Å². The predicted octanol–water partition coefficient (Wildman–Crippen LogP) is 5.74. The van der Waals surface area contributed by atoms with Crippen molar-refractivity contribution in [1.82, 2.24) is 0 Å². The van der Waals surface area contributed by atoms with Gasteiger partial charge in [-0.1, -0.05) is 60.7 Å². The quantitative estimate of drug-likeness (QED) is 0.253. The summed E-state index contributed by atoms with van der Waals surface area (Å²) in [7, 11) is 0. The molecule has 3 aromatic carbocycles. The molecule has 0 saturated carbocycles. The van der Waals surface area contributed by atoms with E-state index in [9.17, 15) is 9.59 Å². The number of aliphatic carboxylic acids is 1. The molecule has 8 heteroatoms. The lowest BCUT2D eigenvalue weighted by atomic mass is 10.1. The van der Waals surface area contributed by atoms with Crippen molar-refractivity contribution < 1.29 is 34.0 Å². The van der Waals surface area contributed by atoms with E-state index in [1.807, 2.05) is 59.5 Å². The molecule has 1 unspecified atom stereocenters. The summed E-state index contributed by atoms with van der Waals surface area (Å²) in [5.41, 5.74) is 5.34. The van der Waals surface area contributed by atoms with Crippen LogP contribution in [0.4, 0.5) is 10.5 Å². The minimum Gasteiger partial charge on any atom is -0.493 e. The maximum atomic E-state index is 11.2. The first-order chi connectivity index (χ1) is 18.9. The maximum absolute atomic E-state index is 11.2. The molecule has 39 heavy (non-hydrogen) atoms. The molecule has 202 valence electrons. The highest BCUT2D eigenvalue weighted by Gasteiger charge is 2.29. The average Bonchev–Trinajstić information content (AvgIpc) is 3.34. The van der Waals surface area contributed by atoms with Gasteiger partial charge in [0, 0.05) is 24.4 Å². The fraction of sp³-hybridized carbons (Fsp3) is 0.290. The Morgan fingerprint density at radius 1 is 0.949 bits per heavy atom. The van der Waals surface area contributed by atoms with Crippen LogP contribution in [-0.2, 0) is 22.4 Å². The Kier molecular flexibility index (Phi) is 8.01. The molecule has 0 spiro atoms. The number of hydrogen-bond acceptors (Lipinski definition) is 6. The molecule has 8 nitrogen and oxygen atoms in total. The third-order valence-electron chi connectivity index (χ3n) is 6.99. The summed E-state index contributed by atoms with van der Waals surface area (Å²) in [5, 5.41) is 18.1. The zero-order chi connectivity index (χ0) is 27.2. The molecular weight excluding hydrogens is 498 g/mol. The van der Waals surface area contributed by atoms with Crippen molar-refractivity contribution in [2.45, 2.75) is 32.0 Å². The number of rotatable bonds is 10. The lowest BCUT2D eigenvalue weighted by Crippen LogP contribution is -2.43. The molecule has 3 aromatic rings. The summed E-state index contributed by atoms with van der Waals surface area (Å²) in [5.74, 6) is 0.941. The monoisotopic (exact) mass is 529 g/mol. The van der Waals surface area contributed by atoms with Crippen LogP contribution in [0, 0.1) is 5.92 Å². The van der Waals surface area contributed by atoms with Crippen LogP contribution in [0.25, 0.3) is 12.2 Å². The summed E-state index contributed by atoms with van der Waals surface area (Å²) < 4.78 is 16.9. The van der Waals surface area contributed by atoms with E-state index in [0.29, 0.717) is 31.2 Å². The van der Waals surface area contributed by atoms with Crippen LogP contribution in [0.1, 0.15) is 35.1 Å². The van der Waals surface area contributed by atoms with Gasteiger partial charge in [0.25, 0.3) is 6.29 Å². The van der Waals surface area contributed by atoms with Crippen LogP contribution in [0.2, 0.25) is 0 Å². The molecule has 2 aliphatic rings. The average molecular weight is 530 g/mol. The molecule has 1 aliphatic heterocycles. The number of ether oxygens (including phenoxy) is 3. The highest BCUT2D eigenvalue weighted by atomic mass is 16.8. The van der Waals surface area contributed by atoms with Gasteiger partial charge >= 0.3 is 12.1 Å². The second-order valence-electron chi connectivity index (χ2n) is 9.83. The van der Waals surface area contributed by atoms with Crippen molar-refractivity contribution in [3.63, 3.8) is 0 Å². The van der Waals surface area contributed by atoms with E-state index in [4.69, 9.17) is 24.4 Å². The fourth-order valence-corrected chi connectivity index (χ4v) is 5.15. The standard InChI is InChI=1S/C31H31NO7/c33-28(34)9-4-16-32-19-29(39-31(35)36)38-30-23(7-3-8-27(30)32)13-10-21-11-14-26(15-12-21)37-20-22-17-24-5-1-2-6-25(24)18-22/h1-3,5-8,10-15,22,29H,4,9,16-20H2,(H,33,34)(H,35,36)/b13-10+. The van der Waals surface area contributed by atoms with Crippen molar-refractivity contribution in [3.05, 3.63) is 89.0 Å². The van der Waals surface area contributed by atoms with Crippen LogP contribution < -0.4 is 14.4 Å². The SMILES string of the molecule is O=C(O)CCCN1CC(OC(=O)O)Oc2c(/C=C/c3ccc(OCC4Cc5ccccc5C4)cc3)cccc21. The van der Waals surface area contributed by atoms with Crippen LogP contribution in [0.3, 0.4) is 0 Å². The molecule has 0 amide bonds. The Morgan fingerprint density at radius 3 is 2.38 bits per heavy atom. The van der Waals surface area contributed by atoms with Crippen LogP contribution in [-0.4, -0.2) is 48.3 Å². The lowest BCUT2D eigenvalue weighted by molar-refractivity contribution is -0.137. The highest BCUT2D eigenvalue weighted by Crippen LogP contribution is 2.38. The molecule has 1 heterocycles. The van der Waals surface area contributed by atoms with Gasteiger partial charge in [-0.3, -0.25) is 4.79 Å². The Hall–Kier alpha value is -4.46. The van der Waals surface area contributed by atoms with Crippen LogP contribution >= 0.6 is 0 Å². The van der Waals surface area contributed by atoms with E-state index in [1.54, 1.807) is 0 Å². The Bertz CT molecular complexity index is 1330. The Balaban J connectivity index is 1.24. The van der Waals surface area contributed by atoms with Gasteiger partial charge in [0.05, 0.1) is 18.8 Å². The van der Waals surface area contributed by atoms with Crippen molar-refractivity contribution in [2.24, 2.45) is 5.92 Å². The summed E-state index contributed by atoms with van der Waals surface area (Å²) in [6.07, 6.45) is 3.95. The molecule has 0 aromatic heterocycles. The number of carboxylic acids is 1. The number of anilines is 1. The van der Waals surface area contributed by atoms with Gasteiger partial charge in [-0.25, -0.2) is 4.79 Å². The summed E-state index contributed by atoms with van der Waals surface area (Å²) in [6.45, 7) is 1.30. The molecule has 2 N–H and O–H groups in total. The van der Waals surface area contributed by atoms with E-state index < -0.39 is 18.4 Å². The van der Waals surface area contributed by atoms with Gasteiger partial charge < -0.3 is 29.3 Å². The van der Waals surface area contributed by atoms with Gasteiger partial charge in [0.2, 0.25) is 0 Å². The first-order valence-electron chi connectivity index (χ1n) is 13.1. The molecule has 1 aliphatic carbocycles. The first-order valence-corrected chi connectivity index (χ1v) is 13.1. The van der Waals surface area contributed by atoms with Crippen molar-refractivity contribution in [2.75, 3.05) is 24.6 Å². The first kappa shape index (κ1) is 26.2. The largest absolute Gasteiger partial charge is 0.508 e. The Labute approximate surface area is 227 Å². The normalized spacial score (nSPS) is 16.4. The third-order valence-corrected chi connectivity index (χ3v) is 6.99. The van der Waals surface area contributed by atoms with E-state index in [1.165, 1.54) is 11.1 Å². The van der Waals surface area contributed by atoms with Gasteiger partial charge in [0.15, 0.2) is 5.75 Å². The van der Waals surface area contributed by atoms with Gasteiger partial charge in [0.1, 0.15) is 5.75 Å². The number of fused-ring (bicyclic) bond motifs is 2. The molecule has 0 saturated heterocycles. The van der Waals surface area contributed by atoms with E-state index in [2.05, 4.69) is 24.3 Å².